The van der Waals surface area contributed by atoms with Gasteiger partial charge in [-0.3, -0.25) is 0 Å². The van der Waals surface area contributed by atoms with Crippen molar-refractivity contribution in [3.8, 4) is 5.75 Å². The fourth-order valence-electron chi connectivity index (χ4n) is 2.83. The number of rotatable bonds is 12. The number of benzene rings is 2. The average Bonchev–Trinajstić information content (AvgIpc) is 2.67. The molecular weight excluding hydrogens is 308 g/mol. The third-order valence-electron chi connectivity index (χ3n) is 4.33. The molecule has 1 N–H and O–H groups in total. The van der Waals surface area contributed by atoms with E-state index in [9.17, 15) is 0 Å². The van der Waals surface area contributed by atoms with Gasteiger partial charge in [-0.25, -0.2) is 0 Å². The van der Waals surface area contributed by atoms with Crippen LogP contribution in [-0.4, -0.2) is 26.2 Å². The van der Waals surface area contributed by atoms with E-state index in [1.807, 2.05) is 0 Å². The standard InChI is InChI=1S/C22H32N2O/c1-3-5-6-10-19-25-22-15-13-20(14-16-22)23-17-18-24(4-2)21-11-8-7-9-12-21/h7-9,11-16,23H,3-6,10,17-19H2,1-2H3. The summed E-state index contributed by atoms with van der Waals surface area (Å²) in [7, 11) is 0. The second kappa shape index (κ2) is 11.4. The van der Waals surface area contributed by atoms with Crippen LogP contribution in [0.25, 0.3) is 0 Å². The van der Waals surface area contributed by atoms with Crippen LogP contribution in [0.3, 0.4) is 0 Å². The Morgan fingerprint density at radius 3 is 2.32 bits per heavy atom. The molecule has 0 aliphatic heterocycles. The van der Waals surface area contributed by atoms with Gasteiger partial charge in [0.1, 0.15) is 5.75 Å². The molecule has 136 valence electrons. The molecule has 2 rings (SSSR count). The number of anilines is 2. The van der Waals surface area contributed by atoms with Gasteiger partial charge in [-0.05, 0) is 49.7 Å². The summed E-state index contributed by atoms with van der Waals surface area (Å²) in [5.41, 5.74) is 2.42. The highest BCUT2D eigenvalue weighted by molar-refractivity contribution is 5.48. The van der Waals surface area contributed by atoms with Crippen molar-refractivity contribution >= 4 is 11.4 Å². The van der Waals surface area contributed by atoms with Gasteiger partial charge in [0.2, 0.25) is 0 Å². The van der Waals surface area contributed by atoms with Crippen LogP contribution in [0.4, 0.5) is 11.4 Å². The molecular formula is C22H32N2O. The fraction of sp³-hybridized carbons (Fsp3) is 0.455. The van der Waals surface area contributed by atoms with Gasteiger partial charge in [-0.15, -0.1) is 0 Å². The van der Waals surface area contributed by atoms with E-state index in [0.717, 1.165) is 44.1 Å². The number of unbranched alkanes of at least 4 members (excludes halogenated alkanes) is 3. The van der Waals surface area contributed by atoms with E-state index in [-0.39, 0.29) is 0 Å². The van der Waals surface area contributed by atoms with Crippen LogP contribution in [0.5, 0.6) is 5.75 Å². The molecule has 0 aromatic heterocycles. The van der Waals surface area contributed by atoms with Gasteiger partial charge in [0, 0.05) is 31.0 Å². The van der Waals surface area contributed by atoms with E-state index in [4.69, 9.17) is 4.74 Å². The second-order valence-corrected chi connectivity index (χ2v) is 6.28. The molecule has 0 unspecified atom stereocenters. The van der Waals surface area contributed by atoms with E-state index in [2.05, 4.69) is 78.7 Å². The molecule has 0 spiro atoms. The monoisotopic (exact) mass is 340 g/mol. The van der Waals surface area contributed by atoms with Crippen molar-refractivity contribution in [3.05, 3.63) is 54.6 Å². The first-order valence-electron chi connectivity index (χ1n) is 9.60. The molecule has 3 heteroatoms. The molecule has 0 bridgehead atoms. The molecule has 0 amide bonds. The van der Waals surface area contributed by atoms with Crippen molar-refractivity contribution in [2.24, 2.45) is 0 Å². The number of hydrogen-bond acceptors (Lipinski definition) is 3. The second-order valence-electron chi connectivity index (χ2n) is 6.28. The summed E-state index contributed by atoms with van der Waals surface area (Å²) in [5.74, 6) is 0.960. The number of ether oxygens (including phenoxy) is 1. The van der Waals surface area contributed by atoms with Gasteiger partial charge < -0.3 is 15.0 Å². The predicted octanol–water partition coefficient (Wildman–Crippen LogP) is 5.58. The van der Waals surface area contributed by atoms with Crippen LogP contribution in [0.2, 0.25) is 0 Å². The van der Waals surface area contributed by atoms with Gasteiger partial charge in [0.25, 0.3) is 0 Å². The van der Waals surface area contributed by atoms with Crippen LogP contribution in [0.1, 0.15) is 39.5 Å². The Kier molecular flexibility index (Phi) is 8.74. The van der Waals surface area contributed by atoms with Crippen LogP contribution in [0.15, 0.2) is 54.6 Å². The molecule has 2 aromatic carbocycles. The normalized spacial score (nSPS) is 10.5. The minimum atomic E-state index is 0.815. The zero-order chi connectivity index (χ0) is 17.7. The average molecular weight is 341 g/mol. The van der Waals surface area contributed by atoms with Gasteiger partial charge in [0.05, 0.1) is 6.61 Å². The summed E-state index contributed by atoms with van der Waals surface area (Å²) >= 11 is 0. The number of para-hydroxylation sites is 1. The lowest BCUT2D eigenvalue weighted by Crippen LogP contribution is -2.28. The van der Waals surface area contributed by atoms with Crippen molar-refractivity contribution in [3.63, 3.8) is 0 Å². The number of nitrogens with one attached hydrogen (secondary N) is 1. The highest BCUT2D eigenvalue weighted by atomic mass is 16.5. The molecule has 0 aliphatic rings. The summed E-state index contributed by atoms with van der Waals surface area (Å²) in [5, 5.41) is 3.49. The van der Waals surface area contributed by atoms with E-state index >= 15 is 0 Å². The first kappa shape index (κ1) is 19.2. The Morgan fingerprint density at radius 1 is 0.880 bits per heavy atom. The molecule has 0 aliphatic carbocycles. The Bertz CT molecular complexity index is 568. The molecule has 0 atom stereocenters. The maximum atomic E-state index is 5.79. The lowest BCUT2D eigenvalue weighted by molar-refractivity contribution is 0.305. The van der Waals surface area contributed by atoms with Gasteiger partial charge in [-0.2, -0.15) is 0 Å². The molecule has 0 saturated heterocycles. The summed E-state index contributed by atoms with van der Waals surface area (Å²) in [6, 6.07) is 18.9. The van der Waals surface area contributed by atoms with Crippen LogP contribution >= 0.6 is 0 Å². The highest BCUT2D eigenvalue weighted by Crippen LogP contribution is 2.17. The van der Waals surface area contributed by atoms with Crippen molar-refractivity contribution in [1.29, 1.82) is 0 Å². The molecule has 3 nitrogen and oxygen atoms in total. The maximum Gasteiger partial charge on any atom is 0.119 e. The zero-order valence-electron chi connectivity index (χ0n) is 15.7. The largest absolute Gasteiger partial charge is 0.494 e. The quantitative estimate of drug-likeness (QED) is 0.510. The third kappa shape index (κ3) is 7.08. The fourth-order valence-corrected chi connectivity index (χ4v) is 2.83. The Hall–Kier alpha value is -2.16. The summed E-state index contributed by atoms with van der Waals surface area (Å²) < 4.78 is 5.79. The number of nitrogens with zero attached hydrogens (tertiary/aromatic N) is 1. The van der Waals surface area contributed by atoms with Crippen molar-refractivity contribution in [1.82, 2.24) is 0 Å². The Labute approximate surface area is 153 Å². The SMILES string of the molecule is CCCCCCOc1ccc(NCCN(CC)c2ccccc2)cc1. The maximum absolute atomic E-state index is 5.79. The van der Waals surface area contributed by atoms with E-state index in [1.54, 1.807) is 0 Å². The zero-order valence-corrected chi connectivity index (χ0v) is 15.7. The van der Waals surface area contributed by atoms with E-state index in [1.165, 1.54) is 24.9 Å². The number of likely N-dealkylation sites (N-methyl/N-ethyl adjacent to an activating group) is 1. The van der Waals surface area contributed by atoms with Crippen LogP contribution in [0, 0.1) is 0 Å². The third-order valence-corrected chi connectivity index (χ3v) is 4.33. The first-order chi connectivity index (χ1) is 12.3. The lowest BCUT2D eigenvalue weighted by Gasteiger charge is -2.23. The van der Waals surface area contributed by atoms with E-state index < -0.39 is 0 Å². The first-order valence-corrected chi connectivity index (χ1v) is 9.60. The molecule has 0 radical (unpaired) electrons. The lowest BCUT2D eigenvalue weighted by atomic mass is 10.2. The number of hydrogen-bond donors (Lipinski definition) is 1. The smallest absolute Gasteiger partial charge is 0.119 e. The van der Waals surface area contributed by atoms with E-state index in [0.29, 0.717) is 0 Å². The predicted molar refractivity (Wildman–Crippen MR) is 109 cm³/mol. The summed E-state index contributed by atoms with van der Waals surface area (Å²) in [6.45, 7) is 8.15. The molecule has 0 fully saturated rings. The summed E-state index contributed by atoms with van der Waals surface area (Å²) in [6.07, 6.45) is 4.95. The van der Waals surface area contributed by atoms with Crippen molar-refractivity contribution in [2.45, 2.75) is 39.5 Å². The van der Waals surface area contributed by atoms with Gasteiger partial charge in [0.15, 0.2) is 0 Å². The Balaban J connectivity index is 1.70. The molecule has 2 aromatic rings. The Morgan fingerprint density at radius 2 is 1.64 bits per heavy atom. The summed E-state index contributed by atoms with van der Waals surface area (Å²) in [4.78, 5) is 2.38. The van der Waals surface area contributed by atoms with Crippen LogP contribution in [-0.2, 0) is 0 Å². The van der Waals surface area contributed by atoms with Crippen LogP contribution < -0.4 is 15.0 Å². The van der Waals surface area contributed by atoms with Gasteiger partial charge in [-0.1, -0.05) is 44.4 Å². The topological polar surface area (TPSA) is 24.5 Å². The van der Waals surface area contributed by atoms with Crippen molar-refractivity contribution < 1.29 is 4.74 Å². The van der Waals surface area contributed by atoms with Gasteiger partial charge >= 0.3 is 0 Å². The van der Waals surface area contributed by atoms with Crippen molar-refractivity contribution in [2.75, 3.05) is 36.5 Å². The molecule has 25 heavy (non-hydrogen) atoms. The minimum Gasteiger partial charge on any atom is -0.494 e. The minimum absolute atomic E-state index is 0.815. The molecule has 0 saturated carbocycles. The highest BCUT2D eigenvalue weighted by Gasteiger charge is 2.03. The molecule has 0 heterocycles.